The molecule has 1 aromatic carbocycles. The first-order valence-electron chi connectivity index (χ1n) is 5.96. The van der Waals surface area contributed by atoms with Crippen LogP contribution >= 0.6 is 0 Å². The summed E-state index contributed by atoms with van der Waals surface area (Å²) in [5, 5.41) is 0. The van der Waals surface area contributed by atoms with Crippen LogP contribution in [0.25, 0.3) is 0 Å². The van der Waals surface area contributed by atoms with Crippen molar-refractivity contribution in [2.75, 3.05) is 23.7 Å². The number of carbonyl (C=O) groups is 1. The van der Waals surface area contributed by atoms with E-state index in [2.05, 4.69) is 4.74 Å². The van der Waals surface area contributed by atoms with E-state index in [4.69, 9.17) is 0 Å². The predicted octanol–water partition coefficient (Wildman–Crippen LogP) is 1.63. The van der Waals surface area contributed by atoms with Crippen LogP contribution in [0.1, 0.15) is 18.1 Å². The highest BCUT2D eigenvalue weighted by molar-refractivity contribution is 7.92. The van der Waals surface area contributed by atoms with Gasteiger partial charge in [-0.1, -0.05) is 12.1 Å². The van der Waals surface area contributed by atoms with Gasteiger partial charge in [0.05, 0.1) is 18.6 Å². The Labute approximate surface area is 114 Å². The number of hydrogen-bond acceptors (Lipinski definition) is 4. The zero-order chi connectivity index (χ0) is 14.6. The minimum atomic E-state index is -3.53. The van der Waals surface area contributed by atoms with Gasteiger partial charge in [-0.2, -0.15) is 0 Å². The number of anilines is 1. The number of rotatable bonds is 5. The van der Waals surface area contributed by atoms with Crippen molar-refractivity contribution in [1.82, 2.24) is 0 Å². The summed E-state index contributed by atoms with van der Waals surface area (Å²) in [6.45, 7) is 4.92. The standard InChI is InChI=1S/C13H19NO4S/c1-5-19(16,17)14(9-13(15)18-4)12-8-10(2)6-7-11(12)3/h6-8H,5,9H2,1-4H3. The fraction of sp³-hybridized carbons (Fsp3) is 0.462. The molecule has 0 aliphatic rings. The van der Waals surface area contributed by atoms with Crippen LogP contribution < -0.4 is 4.31 Å². The van der Waals surface area contributed by atoms with Gasteiger partial charge in [-0.3, -0.25) is 9.10 Å². The van der Waals surface area contributed by atoms with Gasteiger partial charge in [0.25, 0.3) is 0 Å². The van der Waals surface area contributed by atoms with E-state index in [-0.39, 0.29) is 12.3 Å². The number of nitrogens with zero attached hydrogens (tertiary/aromatic N) is 1. The van der Waals surface area contributed by atoms with Crippen molar-refractivity contribution in [3.63, 3.8) is 0 Å². The highest BCUT2D eigenvalue weighted by atomic mass is 32.2. The SMILES string of the molecule is CCS(=O)(=O)N(CC(=O)OC)c1cc(C)ccc1C. The maximum Gasteiger partial charge on any atom is 0.326 e. The van der Waals surface area contributed by atoms with E-state index in [1.165, 1.54) is 7.11 Å². The molecule has 0 unspecified atom stereocenters. The first-order chi connectivity index (χ1) is 8.81. The van der Waals surface area contributed by atoms with E-state index in [0.29, 0.717) is 5.69 Å². The van der Waals surface area contributed by atoms with E-state index in [0.717, 1.165) is 15.4 Å². The molecule has 1 aromatic rings. The Hall–Kier alpha value is -1.56. The van der Waals surface area contributed by atoms with Crippen LogP contribution in [-0.4, -0.2) is 33.8 Å². The van der Waals surface area contributed by atoms with Crippen LogP contribution in [-0.2, 0) is 19.6 Å². The lowest BCUT2D eigenvalue weighted by molar-refractivity contribution is -0.138. The summed E-state index contributed by atoms with van der Waals surface area (Å²) in [5.41, 5.74) is 2.25. The van der Waals surface area contributed by atoms with Crippen molar-refractivity contribution in [2.24, 2.45) is 0 Å². The van der Waals surface area contributed by atoms with Gasteiger partial charge in [0.1, 0.15) is 6.54 Å². The second-order valence-electron chi connectivity index (χ2n) is 4.27. The molecule has 0 bridgehead atoms. The Kier molecular flexibility index (Phi) is 4.94. The lowest BCUT2D eigenvalue weighted by atomic mass is 10.1. The second-order valence-corrected chi connectivity index (χ2v) is 6.46. The number of ether oxygens (including phenoxy) is 1. The van der Waals surface area contributed by atoms with E-state index in [1.807, 2.05) is 26.0 Å². The van der Waals surface area contributed by atoms with Crippen molar-refractivity contribution in [3.8, 4) is 0 Å². The lowest BCUT2D eigenvalue weighted by Crippen LogP contribution is -2.37. The number of sulfonamides is 1. The van der Waals surface area contributed by atoms with Gasteiger partial charge >= 0.3 is 5.97 Å². The molecule has 0 amide bonds. The fourth-order valence-electron chi connectivity index (χ4n) is 1.66. The van der Waals surface area contributed by atoms with E-state index < -0.39 is 16.0 Å². The number of methoxy groups -OCH3 is 1. The third-order valence-electron chi connectivity index (χ3n) is 2.83. The molecule has 0 saturated carbocycles. The number of hydrogen-bond donors (Lipinski definition) is 0. The molecule has 0 atom stereocenters. The molecule has 0 fully saturated rings. The minimum absolute atomic E-state index is 0.0720. The molecule has 6 heteroatoms. The van der Waals surface area contributed by atoms with Crippen LogP contribution in [0.5, 0.6) is 0 Å². The first kappa shape index (κ1) is 15.5. The number of aryl methyl sites for hydroxylation is 2. The maximum atomic E-state index is 12.1. The first-order valence-corrected chi connectivity index (χ1v) is 7.57. The third-order valence-corrected chi connectivity index (χ3v) is 4.56. The van der Waals surface area contributed by atoms with Gasteiger partial charge in [0.15, 0.2) is 0 Å². The molecule has 5 nitrogen and oxygen atoms in total. The highest BCUT2D eigenvalue weighted by Crippen LogP contribution is 2.24. The van der Waals surface area contributed by atoms with Gasteiger partial charge in [-0.05, 0) is 38.0 Å². The summed E-state index contributed by atoms with van der Waals surface area (Å²) in [4.78, 5) is 11.4. The molecule has 0 aliphatic heterocycles. The van der Waals surface area contributed by atoms with Gasteiger partial charge in [-0.25, -0.2) is 8.42 Å². The molecule has 0 radical (unpaired) electrons. The molecule has 19 heavy (non-hydrogen) atoms. The summed E-state index contributed by atoms with van der Waals surface area (Å²) in [6.07, 6.45) is 0. The maximum absolute atomic E-state index is 12.1. The largest absolute Gasteiger partial charge is 0.468 e. The fourth-order valence-corrected chi connectivity index (χ4v) is 2.77. The highest BCUT2D eigenvalue weighted by Gasteiger charge is 2.25. The van der Waals surface area contributed by atoms with E-state index in [1.54, 1.807) is 13.0 Å². The lowest BCUT2D eigenvalue weighted by Gasteiger charge is -2.24. The summed E-state index contributed by atoms with van der Waals surface area (Å²) >= 11 is 0. The van der Waals surface area contributed by atoms with Crippen LogP contribution in [0, 0.1) is 13.8 Å². The number of esters is 1. The average Bonchev–Trinajstić information content (AvgIpc) is 2.38. The Morgan fingerprint density at radius 1 is 1.32 bits per heavy atom. The van der Waals surface area contributed by atoms with E-state index >= 15 is 0 Å². The predicted molar refractivity (Wildman–Crippen MR) is 74.7 cm³/mol. The van der Waals surface area contributed by atoms with Gasteiger partial charge in [0.2, 0.25) is 10.0 Å². The molecule has 0 spiro atoms. The Morgan fingerprint density at radius 2 is 1.95 bits per heavy atom. The normalized spacial score (nSPS) is 11.2. The monoisotopic (exact) mass is 285 g/mol. The summed E-state index contributed by atoms with van der Waals surface area (Å²) in [6, 6.07) is 5.49. The van der Waals surface area contributed by atoms with Gasteiger partial charge in [0, 0.05) is 0 Å². The zero-order valence-corrected chi connectivity index (χ0v) is 12.5. The molecule has 1 rings (SSSR count). The molecule has 0 saturated heterocycles. The molecular formula is C13H19NO4S. The molecule has 0 aliphatic carbocycles. The molecule has 0 N–H and O–H groups in total. The molecule has 106 valence electrons. The summed E-state index contributed by atoms with van der Waals surface area (Å²) in [7, 11) is -2.29. The summed E-state index contributed by atoms with van der Waals surface area (Å²) < 4.78 is 29.9. The Morgan fingerprint density at radius 3 is 2.47 bits per heavy atom. The quantitative estimate of drug-likeness (QED) is 0.771. The van der Waals surface area contributed by atoms with Crippen molar-refractivity contribution >= 4 is 21.7 Å². The van der Waals surface area contributed by atoms with Crippen LogP contribution in [0.3, 0.4) is 0 Å². The van der Waals surface area contributed by atoms with Crippen molar-refractivity contribution in [2.45, 2.75) is 20.8 Å². The van der Waals surface area contributed by atoms with Crippen LogP contribution in [0.2, 0.25) is 0 Å². The molecular weight excluding hydrogens is 266 g/mol. The molecule has 0 heterocycles. The average molecular weight is 285 g/mol. The van der Waals surface area contributed by atoms with Crippen molar-refractivity contribution in [3.05, 3.63) is 29.3 Å². The van der Waals surface area contributed by atoms with Crippen molar-refractivity contribution < 1.29 is 17.9 Å². The zero-order valence-electron chi connectivity index (χ0n) is 11.6. The summed E-state index contributed by atoms with van der Waals surface area (Å²) in [5.74, 6) is -0.657. The van der Waals surface area contributed by atoms with Crippen LogP contribution in [0.15, 0.2) is 18.2 Å². The number of carbonyl (C=O) groups excluding carboxylic acids is 1. The van der Waals surface area contributed by atoms with Crippen LogP contribution in [0.4, 0.5) is 5.69 Å². The number of benzene rings is 1. The van der Waals surface area contributed by atoms with Gasteiger partial charge < -0.3 is 4.74 Å². The van der Waals surface area contributed by atoms with E-state index in [9.17, 15) is 13.2 Å². The van der Waals surface area contributed by atoms with Gasteiger partial charge in [-0.15, -0.1) is 0 Å². The second kappa shape index (κ2) is 6.06. The topological polar surface area (TPSA) is 63.7 Å². The Balaban J connectivity index is 3.31. The Bertz CT molecular complexity index is 566. The molecule has 0 aromatic heterocycles. The minimum Gasteiger partial charge on any atom is -0.468 e. The smallest absolute Gasteiger partial charge is 0.326 e. The van der Waals surface area contributed by atoms with Crippen molar-refractivity contribution in [1.29, 1.82) is 0 Å². The third kappa shape index (κ3) is 3.70.